The molecule has 1 amide bonds. The molecule has 7 nitrogen and oxygen atoms in total. The first-order chi connectivity index (χ1) is 16.5. The van der Waals surface area contributed by atoms with Gasteiger partial charge in [-0.05, 0) is 31.9 Å². The van der Waals surface area contributed by atoms with Gasteiger partial charge in [0, 0.05) is 37.1 Å². The minimum absolute atomic E-state index is 0.0590. The third-order valence-electron chi connectivity index (χ3n) is 6.83. The fourth-order valence-corrected chi connectivity index (χ4v) is 4.91. The van der Waals surface area contributed by atoms with E-state index >= 15 is 0 Å². The molecule has 1 aromatic heterocycles. The average molecular weight is 457 g/mol. The van der Waals surface area contributed by atoms with E-state index in [0.29, 0.717) is 45.0 Å². The number of hydrogen-bond acceptors (Lipinski definition) is 5. The van der Waals surface area contributed by atoms with Crippen LogP contribution in [0.5, 0.6) is 0 Å². The summed E-state index contributed by atoms with van der Waals surface area (Å²) in [5, 5.41) is 10.6. The summed E-state index contributed by atoms with van der Waals surface area (Å²) in [6.07, 6.45) is 4.69. The molecule has 5 rings (SSSR count). The van der Waals surface area contributed by atoms with E-state index < -0.39 is 17.8 Å². The molecule has 34 heavy (non-hydrogen) atoms. The van der Waals surface area contributed by atoms with Crippen molar-refractivity contribution in [1.82, 2.24) is 14.9 Å². The summed E-state index contributed by atoms with van der Waals surface area (Å²) >= 11 is 0. The molecule has 2 heterocycles. The maximum Gasteiger partial charge on any atom is 0.307 e. The van der Waals surface area contributed by atoms with Crippen LogP contribution < -0.4 is 4.90 Å². The zero-order valence-corrected chi connectivity index (χ0v) is 19.2. The molecule has 174 valence electrons. The van der Waals surface area contributed by atoms with Crippen LogP contribution in [-0.4, -0.2) is 58.0 Å². The molecule has 1 N–H and O–H groups in total. The molecular weight excluding hydrogens is 428 g/mol. The molecule has 1 fully saturated rings. The number of rotatable bonds is 4. The van der Waals surface area contributed by atoms with Gasteiger partial charge in [-0.2, -0.15) is 0 Å². The van der Waals surface area contributed by atoms with Crippen LogP contribution in [0.4, 0.5) is 5.95 Å². The topological polar surface area (TPSA) is 86.6 Å². The lowest BCUT2D eigenvalue weighted by Crippen LogP contribution is -2.52. The number of anilines is 1. The van der Waals surface area contributed by atoms with E-state index in [1.807, 2.05) is 36.4 Å². The number of benzene rings is 2. The normalized spacial score (nSPS) is 20.5. The molecule has 2 aromatic carbocycles. The third-order valence-corrected chi connectivity index (χ3v) is 6.83. The molecule has 0 saturated carbocycles. The van der Waals surface area contributed by atoms with E-state index in [9.17, 15) is 14.7 Å². The van der Waals surface area contributed by atoms with Crippen molar-refractivity contribution >= 4 is 28.7 Å². The average Bonchev–Trinajstić information content (AvgIpc) is 2.88. The van der Waals surface area contributed by atoms with Gasteiger partial charge >= 0.3 is 5.97 Å². The van der Waals surface area contributed by atoms with Gasteiger partial charge in [0.2, 0.25) is 11.9 Å². The number of aryl methyl sites for hydroxylation is 1. The van der Waals surface area contributed by atoms with E-state index in [1.165, 1.54) is 0 Å². The first-order valence-electron chi connectivity index (χ1n) is 11.8. The Morgan fingerprint density at radius 2 is 1.62 bits per heavy atom. The highest BCUT2D eigenvalue weighted by Crippen LogP contribution is 2.31. The Bertz CT molecular complexity index is 1250. The van der Waals surface area contributed by atoms with E-state index in [1.54, 1.807) is 4.90 Å². The number of carboxylic acid groups (broad SMARTS) is 1. The standard InChI is InChI=1S/C27H28N4O3/c1-18-11-12-23-22(17-18)24(19-7-3-2-4-8-19)29-27(28-23)31-15-13-30(14-16-31)25(32)20-9-5-6-10-21(20)26(33)34/h2-8,11-12,17,20-21H,9-10,13-16H2,1H3,(H,33,34)/t20-,21+/m1/s1. The van der Waals surface area contributed by atoms with E-state index in [-0.39, 0.29) is 5.91 Å². The molecule has 2 aliphatic rings. The minimum Gasteiger partial charge on any atom is -0.481 e. The first kappa shape index (κ1) is 22.1. The van der Waals surface area contributed by atoms with E-state index in [4.69, 9.17) is 9.97 Å². The predicted molar refractivity (Wildman–Crippen MR) is 131 cm³/mol. The van der Waals surface area contributed by atoms with Crippen LogP contribution in [0, 0.1) is 18.8 Å². The summed E-state index contributed by atoms with van der Waals surface area (Å²) in [6.45, 7) is 4.34. The van der Waals surface area contributed by atoms with Crippen LogP contribution in [0.1, 0.15) is 18.4 Å². The van der Waals surface area contributed by atoms with Crippen LogP contribution >= 0.6 is 0 Å². The smallest absolute Gasteiger partial charge is 0.307 e. The van der Waals surface area contributed by atoms with Crippen LogP contribution in [0.25, 0.3) is 22.2 Å². The molecule has 1 aliphatic heterocycles. The summed E-state index contributed by atoms with van der Waals surface area (Å²) in [7, 11) is 0. The lowest BCUT2D eigenvalue weighted by Gasteiger charge is -2.37. The Balaban J connectivity index is 1.38. The Morgan fingerprint density at radius 3 is 2.32 bits per heavy atom. The number of carboxylic acids is 1. The quantitative estimate of drug-likeness (QED) is 0.599. The number of carbonyl (C=O) groups is 2. The SMILES string of the molecule is Cc1ccc2nc(N3CCN(C(=O)[C@@H]4CC=CC[C@@H]4C(=O)O)CC3)nc(-c3ccccc3)c2c1. The molecule has 7 heteroatoms. The van der Waals surface area contributed by atoms with Gasteiger partial charge in [-0.15, -0.1) is 0 Å². The molecule has 1 saturated heterocycles. The number of nitrogens with zero attached hydrogens (tertiary/aromatic N) is 4. The molecule has 2 atom stereocenters. The highest BCUT2D eigenvalue weighted by molar-refractivity contribution is 5.93. The number of amides is 1. The summed E-state index contributed by atoms with van der Waals surface area (Å²) < 4.78 is 0. The lowest BCUT2D eigenvalue weighted by molar-refractivity contribution is -0.150. The summed E-state index contributed by atoms with van der Waals surface area (Å²) in [4.78, 5) is 38.5. The summed E-state index contributed by atoms with van der Waals surface area (Å²) in [6, 6.07) is 16.3. The van der Waals surface area contributed by atoms with Gasteiger partial charge in [0.05, 0.1) is 23.0 Å². The zero-order valence-electron chi connectivity index (χ0n) is 19.2. The molecule has 0 spiro atoms. The molecule has 1 aliphatic carbocycles. The van der Waals surface area contributed by atoms with Crippen LogP contribution in [-0.2, 0) is 9.59 Å². The number of aromatic nitrogens is 2. The monoisotopic (exact) mass is 456 g/mol. The Morgan fingerprint density at radius 1 is 0.912 bits per heavy atom. The van der Waals surface area contributed by atoms with Crippen molar-refractivity contribution in [2.24, 2.45) is 11.8 Å². The number of allylic oxidation sites excluding steroid dienone is 2. The second-order valence-electron chi connectivity index (χ2n) is 9.07. The highest BCUT2D eigenvalue weighted by Gasteiger charge is 2.37. The largest absolute Gasteiger partial charge is 0.481 e. The number of fused-ring (bicyclic) bond motifs is 1. The van der Waals surface area contributed by atoms with Gasteiger partial charge in [-0.3, -0.25) is 9.59 Å². The second kappa shape index (κ2) is 9.25. The fourth-order valence-electron chi connectivity index (χ4n) is 4.91. The van der Waals surface area contributed by atoms with Crippen LogP contribution in [0.15, 0.2) is 60.7 Å². The van der Waals surface area contributed by atoms with Crippen molar-refractivity contribution in [2.45, 2.75) is 19.8 Å². The van der Waals surface area contributed by atoms with Crippen LogP contribution in [0.3, 0.4) is 0 Å². The van der Waals surface area contributed by atoms with E-state index in [2.05, 4.69) is 36.1 Å². The number of hydrogen-bond donors (Lipinski definition) is 1. The molecule has 0 bridgehead atoms. The predicted octanol–water partition coefficient (Wildman–Crippen LogP) is 3.92. The van der Waals surface area contributed by atoms with Crippen molar-refractivity contribution in [3.8, 4) is 11.3 Å². The number of piperazine rings is 1. The van der Waals surface area contributed by atoms with E-state index in [0.717, 1.165) is 27.7 Å². The van der Waals surface area contributed by atoms with Crippen molar-refractivity contribution in [3.63, 3.8) is 0 Å². The maximum atomic E-state index is 13.1. The van der Waals surface area contributed by atoms with Crippen molar-refractivity contribution in [2.75, 3.05) is 31.1 Å². The minimum atomic E-state index is -0.894. The molecular formula is C27H28N4O3. The van der Waals surface area contributed by atoms with Gasteiger partial charge in [0.25, 0.3) is 0 Å². The Kier molecular flexibility index (Phi) is 6.01. The van der Waals surface area contributed by atoms with Gasteiger partial charge in [0.15, 0.2) is 0 Å². The fraction of sp³-hybridized carbons (Fsp3) is 0.333. The van der Waals surface area contributed by atoms with Gasteiger partial charge in [-0.25, -0.2) is 9.97 Å². The Labute approximate surface area is 198 Å². The number of carbonyl (C=O) groups excluding carboxylic acids is 1. The highest BCUT2D eigenvalue weighted by atomic mass is 16.4. The summed E-state index contributed by atoms with van der Waals surface area (Å²) in [5.74, 6) is -1.42. The van der Waals surface area contributed by atoms with Gasteiger partial charge in [-0.1, -0.05) is 54.1 Å². The number of aliphatic carboxylic acids is 1. The van der Waals surface area contributed by atoms with Crippen molar-refractivity contribution in [3.05, 3.63) is 66.2 Å². The second-order valence-corrected chi connectivity index (χ2v) is 9.07. The zero-order chi connectivity index (χ0) is 23.7. The maximum absolute atomic E-state index is 13.1. The molecule has 0 radical (unpaired) electrons. The van der Waals surface area contributed by atoms with Gasteiger partial charge < -0.3 is 14.9 Å². The Hall–Kier alpha value is -3.74. The third kappa shape index (κ3) is 4.25. The van der Waals surface area contributed by atoms with Gasteiger partial charge in [0.1, 0.15) is 0 Å². The van der Waals surface area contributed by atoms with Crippen LogP contribution in [0.2, 0.25) is 0 Å². The summed E-state index contributed by atoms with van der Waals surface area (Å²) in [5.41, 5.74) is 4.00. The first-order valence-corrected chi connectivity index (χ1v) is 11.8. The van der Waals surface area contributed by atoms with Crippen molar-refractivity contribution in [1.29, 1.82) is 0 Å². The molecule has 3 aromatic rings. The molecule has 0 unspecified atom stereocenters. The lowest BCUT2D eigenvalue weighted by atomic mass is 9.82. The van der Waals surface area contributed by atoms with Crippen molar-refractivity contribution < 1.29 is 14.7 Å².